The Kier molecular flexibility index (Phi) is 2.83. The van der Waals surface area contributed by atoms with Crippen molar-refractivity contribution in [3.05, 3.63) is 0 Å². The highest BCUT2D eigenvalue weighted by atomic mass is 16.5. The topological polar surface area (TPSA) is 32.7 Å². The van der Waals surface area contributed by atoms with Crippen molar-refractivity contribution >= 4 is 0 Å². The largest absolute Gasteiger partial charge is 0.389 e. The minimum Gasteiger partial charge on any atom is -0.389 e. The van der Waals surface area contributed by atoms with E-state index in [1.54, 1.807) is 0 Å². The lowest BCUT2D eigenvalue weighted by atomic mass is 9.47. The van der Waals surface area contributed by atoms with Crippen LogP contribution in [0.5, 0.6) is 0 Å². The number of rotatable bonds is 1. The van der Waals surface area contributed by atoms with Crippen LogP contribution in [-0.4, -0.2) is 48.0 Å². The highest BCUT2D eigenvalue weighted by Gasteiger charge is 2.58. The molecule has 1 N–H and O–H groups in total. The van der Waals surface area contributed by atoms with Crippen LogP contribution in [0.4, 0.5) is 0 Å². The maximum absolute atomic E-state index is 11.6. The van der Waals surface area contributed by atoms with Gasteiger partial charge in [0.25, 0.3) is 0 Å². The molecule has 21 heavy (non-hydrogen) atoms. The molecule has 6 aliphatic rings. The first-order chi connectivity index (χ1) is 10.1. The second-order valence-corrected chi connectivity index (χ2v) is 8.98. The Labute approximate surface area is 128 Å². The van der Waals surface area contributed by atoms with Crippen LogP contribution in [0.1, 0.15) is 44.9 Å². The van der Waals surface area contributed by atoms with E-state index in [1.165, 1.54) is 32.1 Å². The molecule has 0 aromatic heterocycles. The van der Waals surface area contributed by atoms with Gasteiger partial charge >= 0.3 is 0 Å². The van der Waals surface area contributed by atoms with Gasteiger partial charge in [-0.25, -0.2) is 0 Å². The predicted molar refractivity (Wildman–Crippen MR) is 80.9 cm³/mol. The zero-order chi connectivity index (χ0) is 14.2. The number of nitrogens with zero attached hydrogens (tertiary/aromatic N) is 1. The van der Waals surface area contributed by atoms with E-state index in [2.05, 4.69) is 11.9 Å². The smallest absolute Gasteiger partial charge is 0.0712 e. The van der Waals surface area contributed by atoms with Crippen LogP contribution in [-0.2, 0) is 4.74 Å². The summed E-state index contributed by atoms with van der Waals surface area (Å²) in [6, 6.07) is 0.888. The number of hydrogen-bond donors (Lipinski definition) is 1. The fraction of sp³-hybridized carbons (Fsp3) is 1.00. The standard InChI is InChI=1S/C18H29NO2/c1-19-15-7-18(20,8-16(19)10-21-9-15)17-13-3-11-2-12(5-13)6-14(17)4-11/h11-17,20H,2-10H2,1H3. The van der Waals surface area contributed by atoms with Crippen LogP contribution < -0.4 is 0 Å². The van der Waals surface area contributed by atoms with Crippen LogP contribution in [0.2, 0.25) is 0 Å². The van der Waals surface area contributed by atoms with E-state index in [-0.39, 0.29) is 0 Å². The van der Waals surface area contributed by atoms with Gasteiger partial charge in [-0.15, -0.1) is 0 Å². The number of ether oxygens (including phenoxy) is 1. The molecule has 2 heterocycles. The van der Waals surface area contributed by atoms with Gasteiger partial charge in [0.2, 0.25) is 0 Å². The van der Waals surface area contributed by atoms with Crippen molar-refractivity contribution < 1.29 is 9.84 Å². The molecule has 0 amide bonds. The Morgan fingerprint density at radius 1 is 0.905 bits per heavy atom. The van der Waals surface area contributed by atoms with Crippen molar-refractivity contribution in [1.82, 2.24) is 4.90 Å². The maximum atomic E-state index is 11.6. The Bertz CT molecular complexity index is 395. The SMILES string of the molecule is CN1C2COCC1CC(O)(C1C3CC4CC(C3)CC1C4)C2. The van der Waals surface area contributed by atoms with Crippen molar-refractivity contribution in [2.75, 3.05) is 20.3 Å². The van der Waals surface area contributed by atoms with E-state index in [0.29, 0.717) is 18.0 Å². The van der Waals surface area contributed by atoms with E-state index in [9.17, 15) is 5.11 Å². The van der Waals surface area contributed by atoms with Crippen molar-refractivity contribution in [2.24, 2.45) is 29.6 Å². The molecule has 4 saturated carbocycles. The Morgan fingerprint density at radius 3 is 1.95 bits per heavy atom. The molecule has 2 saturated heterocycles. The lowest BCUT2D eigenvalue weighted by Gasteiger charge is -2.62. The Hall–Kier alpha value is -0.120. The van der Waals surface area contributed by atoms with Crippen molar-refractivity contribution in [2.45, 2.75) is 62.6 Å². The molecule has 2 atom stereocenters. The monoisotopic (exact) mass is 291 g/mol. The second kappa shape index (κ2) is 4.46. The number of aliphatic hydroxyl groups is 1. The van der Waals surface area contributed by atoms with Gasteiger partial charge in [0, 0.05) is 12.1 Å². The third-order valence-electron chi connectivity index (χ3n) is 7.80. The molecule has 0 aromatic rings. The summed E-state index contributed by atoms with van der Waals surface area (Å²) in [5.74, 6) is 4.26. The summed E-state index contributed by atoms with van der Waals surface area (Å²) in [4.78, 5) is 2.48. The minimum atomic E-state index is -0.395. The first-order valence-corrected chi connectivity index (χ1v) is 9.14. The lowest BCUT2D eigenvalue weighted by molar-refractivity contribution is -0.200. The fourth-order valence-electron chi connectivity index (χ4n) is 7.25. The maximum Gasteiger partial charge on any atom is 0.0712 e. The Balaban J connectivity index is 1.44. The third kappa shape index (κ3) is 1.90. The summed E-state index contributed by atoms with van der Waals surface area (Å²) in [5.41, 5.74) is -0.395. The molecule has 6 bridgehead atoms. The molecular weight excluding hydrogens is 262 g/mol. The lowest BCUT2D eigenvalue weighted by Crippen LogP contribution is -2.65. The molecular formula is C18H29NO2. The van der Waals surface area contributed by atoms with Crippen molar-refractivity contribution in [1.29, 1.82) is 0 Å². The predicted octanol–water partition coefficient (Wildman–Crippen LogP) is 2.28. The van der Waals surface area contributed by atoms with Crippen molar-refractivity contribution in [3.8, 4) is 0 Å². The summed E-state index contributed by atoms with van der Waals surface area (Å²) in [6.45, 7) is 1.64. The summed E-state index contributed by atoms with van der Waals surface area (Å²) in [5, 5.41) is 11.6. The molecule has 0 aromatic carbocycles. The molecule has 2 unspecified atom stereocenters. The third-order valence-corrected chi connectivity index (χ3v) is 7.80. The van der Waals surface area contributed by atoms with Gasteiger partial charge in [0.1, 0.15) is 0 Å². The fourth-order valence-corrected chi connectivity index (χ4v) is 7.25. The number of likely N-dealkylation sites (N-methyl/N-ethyl adjacent to an activating group) is 1. The summed E-state index contributed by atoms with van der Waals surface area (Å²) >= 11 is 0. The molecule has 2 aliphatic heterocycles. The van der Waals surface area contributed by atoms with Crippen LogP contribution >= 0.6 is 0 Å². The molecule has 3 nitrogen and oxygen atoms in total. The quantitative estimate of drug-likeness (QED) is 0.804. The first-order valence-electron chi connectivity index (χ1n) is 9.14. The van der Waals surface area contributed by atoms with Gasteiger partial charge in [-0.3, -0.25) is 4.90 Å². The molecule has 0 spiro atoms. The van der Waals surface area contributed by atoms with E-state index >= 15 is 0 Å². The summed E-state index contributed by atoms with van der Waals surface area (Å²) in [7, 11) is 2.23. The summed E-state index contributed by atoms with van der Waals surface area (Å²) < 4.78 is 5.75. The zero-order valence-corrected chi connectivity index (χ0v) is 13.2. The minimum absolute atomic E-state index is 0.395. The number of morpholine rings is 1. The Morgan fingerprint density at radius 2 is 1.43 bits per heavy atom. The van der Waals surface area contributed by atoms with E-state index in [4.69, 9.17) is 4.74 Å². The van der Waals surface area contributed by atoms with Gasteiger partial charge in [0.05, 0.1) is 18.8 Å². The molecule has 6 rings (SSSR count). The van der Waals surface area contributed by atoms with Gasteiger partial charge in [0.15, 0.2) is 0 Å². The molecule has 4 aliphatic carbocycles. The zero-order valence-electron chi connectivity index (χ0n) is 13.2. The van der Waals surface area contributed by atoms with Crippen molar-refractivity contribution in [3.63, 3.8) is 0 Å². The van der Waals surface area contributed by atoms with Crippen LogP contribution in [0.15, 0.2) is 0 Å². The highest BCUT2D eigenvalue weighted by molar-refractivity contribution is 5.09. The summed E-state index contributed by atoms with van der Waals surface area (Å²) in [6.07, 6.45) is 9.08. The van der Waals surface area contributed by atoms with Gasteiger partial charge in [-0.05, 0) is 81.6 Å². The van der Waals surface area contributed by atoms with Crippen LogP contribution in [0.25, 0.3) is 0 Å². The van der Waals surface area contributed by atoms with E-state index in [1.807, 2.05) is 0 Å². The highest BCUT2D eigenvalue weighted by Crippen LogP contribution is 2.61. The van der Waals surface area contributed by atoms with Gasteiger partial charge in [-0.1, -0.05) is 0 Å². The van der Waals surface area contributed by atoms with E-state index < -0.39 is 5.60 Å². The van der Waals surface area contributed by atoms with Crippen LogP contribution in [0.3, 0.4) is 0 Å². The van der Waals surface area contributed by atoms with Gasteiger partial charge in [-0.2, -0.15) is 0 Å². The van der Waals surface area contributed by atoms with E-state index in [0.717, 1.165) is 49.7 Å². The van der Waals surface area contributed by atoms with Crippen LogP contribution in [0, 0.1) is 29.6 Å². The molecule has 6 fully saturated rings. The second-order valence-electron chi connectivity index (χ2n) is 8.98. The first kappa shape index (κ1) is 13.3. The normalized spacial score (nSPS) is 59.4. The molecule has 118 valence electrons. The van der Waals surface area contributed by atoms with Gasteiger partial charge < -0.3 is 9.84 Å². The number of fused-ring (bicyclic) bond motifs is 2. The number of piperidine rings is 1. The molecule has 0 radical (unpaired) electrons. The average molecular weight is 291 g/mol. The molecule has 3 heteroatoms. The number of hydrogen-bond acceptors (Lipinski definition) is 3. The average Bonchev–Trinajstić information content (AvgIpc) is 2.39.